The summed E-state index contributed by atoms with van der Waals surface area (Å²) in [5.74, 6) is 0. The van der Waals surface area contributed by atoms with Crippen LogP contribution in [0.4, 0.5) is 0 Å². The van der Waals surface area contributed by atoms with Crippen LogP contribution in [-0.4, -0.2) is 11.5 Å². The molecule has 0 amide bonds. The van der Waals surface area contributed by atoms with E-state index in [4.69, 9.17) is 0 Å². The molecule has 13 heavy (non-hydrogen) atoms. The monoisotopic (exact) mass is 196 g/mol. The van der Waals surface area contributed by atoms with Crippen molar-refractivity contribution in [3.05, 3.63) is 28.2 Å². The molecule has 1 rings (SSSR count). The molecule has 0 saturated carbocycles. The van der Waals surface area contributed by atoms with Crippen LogP contribution in [0.25, 0.3) is 0 Å². The number of allylic oxidation sites excluding steroid dienone is 1. The summed E-state index contributed by atoms with van der Waals surface area (Å²) in [6.45, 7) is 7.11. The molecule has 72 valence electrons. The largest absolute Gasteiger partial charge is 0.305 e. The molecule has 0 fully saturated rings. The van der Waals surface area contributed by atoms with Gasteiger partial charge >= 0.3 is 0 Å². The normalized spacial score (nSPS) is 13.8. The first-order valence-electron chi connectivity index (χ1n) is 4.50. The molecule has 1 unspecified atom stereocenters. The zero-order valence-corrected chi connectivity index (χ0v) is 9.19. The lowest BCUT2D eigenvalue weighted by Gasteiger charge is -2.07. The zero-order chi connectivity index (χ0) is 9.68. The third-order valence-corrected chi connectivity index (χ3v) is 2.93. The molecule has 1 aromatic heterocycles. The molecule has 1 N–H and O–H groups in total. The van der Waals surface area contributed by atoms with Crippen LogP contribution in [-0.2, 0) is 0 Å². The zero-order valence-electron chi connectivity index (χ0n) is 8.37. The van der Waals surface area contributed by atoms with E-state index in [0.717, 1.165) is 12.2 Å². The molecule has 2 nitrogen and oxygen atoms in total. The smallest absolute Gasteiger partial charge is 0.110 e. The van der Waals surface area contributed by atoms with Crippen molar-refractivity contribution >= 4 is 11.3 Å². The number of rotatable bonds is 4. The minimum Gasteiger partial charge on any atom is -0.305 e. The Morgan fingerprint density at radius 2 is 2.46 bits per heavy atom. The maximum atomic E-state index is 4.42. The van der Waals surface area contributed by atoms with Crippen molar-refractivity contribution < 1.29 is 0 Å². The molecule has 1 atom stereocenters. The summed E-state index contributed by atoms with van der Waals surface area (Å²) in [6.07, 6.45) is 4.16. The number of nitrogens with one attached hydrogen (secondary N) is 1. The van der Waals surface area contributed by atoms with Gasteiger partial charge in [0.2, 0.25) is 0 Å². The molecule has 1 heterocycles. The molecule has 0 aliphatic heterocycles. The molecule has 0 aliphatic rings. The fourth-order valence-corrected chi connectivity index (χ4v) is 1.85. The van der Waals surface area contributed by atoms with Crippen LogP contribution in [0.2, 0.25) is 0 Å². The fraction of sp³-hybridized carbons (Fsp3) is 0.500. The van der Waals surface area contributed by atoms with E-state index in [0.29, 0.717) is 6.04 Å². The van der Waals surface area contributed by atoms with E-state index < -0.39 is 0 Å². The van der Waals surface area contributed by atoms with Gasteiger partial charge in [0.05, 0.1) is 6.04 Å². The van der Waals surface area contributed by atoms with Gasteiger partial charge in [0.25, 0.3) is 0 Å². The van der Waals surface area contributed by atoms with Crippen LogP contribution in [0.1, 0.15) is 30.6 Å². The summed E-state index contributed by atoms with van der Waals surface area (Å²) in [5, 5.41) is 6.63. The van der Waals surface area contributed by atoms with E-state index in [-0.39, 0.29) is 0 Å². The highest BCUT2D eigenvalue weighted by atomic mass is 32.1. The predicted molar refractivity (Wildman–Crippen MR) is 58.1 cm³/mol. The van der Waals surface area contributed by atoms with Gasteiger partial charge in [-0.05, 0) is 20.8 Å². The summed E-state index contributed by atoms with van der Waals surface area (Å²) in [5.41, 5.74) is 1.11. The Bertz CT molecular complexity index is 278. The lowest BCUT2D eigenvalue weighted by molar-refractivity contribution is 0.612. The molecule has 1 aromatic rings. The highest BCUT2D eigenvalue weighted by Gasteiger charge is 2.06. The minimum atomic E-state index is 0.356. The first-order chi connectivity index (χ1) is 6.24. The van der Waals surface area contributed by atoms with Crippen molar-refractivity contribution in [3.8, 4) is 0 Å². The van der Waals surface area contributed by atoms with Gasteiger partial charge in [0, 0.05) is 17.6 Å². The molecule has 0 spiro atoms. The Morgan fingerprint density at radius 1 is 1.69 bits per heavy atom. The summed E-state index contributed by atoms with van der Waals surface area (Å²) in [4.78, 5) is 4.42. The average Bonchev–Trinajstić information content (AvgIpc) is 2.52. The van der Waals surface area contributed by atoms with Crippen molar-refractivity contribution in [1.29, 1.82) is 0 Å². The van der Waals surface area contributed by atoms with E-state index in [2.05, 4.69) is 28.7 Å². The van der Waals surface area contributed by atoms with Crippen molar-refractivity contribution in [3.63, 3.8) is 0 Å². The van der Waals surface area contributed by atoms with Crippen LogP contribution in [0.3, 0.4) is 0 Å². The Hall–Kier alpha value is -0.670. The van der Waals surface area contributed by atoms with E-state index in [1.807, 2.05) is 19.9 Å². The standard InChI is InChI=1S/C10H16N2S/c1-4-5-6-11-9(3)10-12-8(2)7-13-10/h4-5,7,9,11H,6H2,1-3H3/b5-4+. The fourth-order valence-electron chi connectivity index (χ4n) is 1.02. The number of aryl methyl sites for hydroxylation is 1. The quantitative estimate of drug-likeness (QED) is 0.749. The Labute approximate surface area is 83.7 Å². The second-order valence-corrected chi connectivity index (χ2v) is 3.92. The highest BCUT2D eigenvalue weighted by molar-refractivity contribution is 7.09. The number of nitrogens with zero attached hydrogens (tertiary/aromatic N) is 1. The molecular formula is C10H16N2S. The van der Waals surface area contributed by atoms with Crippen molar-refractivity contribution in [2.75, 3.05) is 6.54 Å². The third kappa shape index (κ3) is 3.28. The molecule has 0 saturated heterocycles. The maximum absolute atomic E-state index is 4.42. The maximum Gasteiger partial charge on any atom is 0.110 e. The van der Waals surface area contributed by atoms with Crippen LogP contribution >= 0.6 is 11.3 Å². The van der Waals surface area contributed by atoms with E-state index >= 15 is 0 Å². The Balaban J connectivity index is 2.43. The number of hydrogen-bond acceptors (Lipinski definition) is 3. The average molecular weight is 196 g/mol. The van der Waals surface area contributed by atoms with E-state index in [1.165, 1.54) is 5.01 Å². The summed E-state index contributed by atoms with van der Waals surface area (Å²) in [6, 6.07) is 0.356. The van der Waals surface area contributed by atoms with Crippen molar-refractivity contribution in [2.45, 2.75) is 26.8 Å². The molecule has 0 radical (unpaired) electrons. The number of aromatic nitrogens is 1. The predicted octanol–water partition coefficient (Wildman–Crippen LogP) is 2.68. The molecule has 0 aromatic carbocycles. The van der Waals surface area contributed by atoms with Gasteiger partial charge in [0.1, 0.15) is 5.01 Å². The van der Waals surface area contributed by atoms with Crippen LogP contribution in [0, 0.1) is 6.92 Å². The van der Waals surface area contributed by atoms with Crippen molar-refractivity contribution in [1.82, 2.24) is 10.3 Å². The lowest BCUT2D eigenvalue weighted by atomic mass is 10.3. The van der Waals surface area contributed by atoms with E-state index in [1.54, 1.807) is 11.3 Å². The highest BCUT2D eigenvalue weighted by Crippen LogP contribution is 2.16. The van der Waals surface area contributed by atoms with Gasteiger partial charge in [0.15, 0.2) is 0 Å². The van der Waals surface area contributed by atoms with Crippen LogP contribution in [0.5, 0.6) is 0 Å². The molecule has 0 bridgehead atoms. The molecular weight excluding hydrogens is 180 g/mol. The van der Waals surface area contributed by atoms with Crippen LogP contribution < -0.4 is 5.32 Å². The van der Waals surface area contributed by atoms with Crippen LogP contribution in [0.15, 0.2) is 17.5 Å². The summed E-state index contributed by atoms with van der Waals surface area (Å²) < 4.78 is 0. The second-order valence-electron chi connectivity index (χ2n) is 3.03. The van der Waals surface area contributed by atoms with Gasteiger partial charge in [-0.1, -0.05) is 12.2 Å². The first-order valence-corrected chi connectivity index (χ1v) is 5.38. The van der Waals surface area contributed by atoms with Crippen molar-refractivity contribution in [2.24, 2.45) is 0 Å². The molecule has 3 heteroatoms. The second kappa shape index (κ2) is 5.14. The summed E-state index contributed by atoms with van der Waals surface area (Å²) >= 11 is 1.72. The molecule has 0 aliphatic carbocycles. The first kappa shape index (κ1) is 10.4. The summed E-state index contributed by atoms with van der Waals surface area (Å²) in [7, 11) is 0. The minimum absolute atomic E-state index is 0.356. The number of thiazole rings is 1. The SMILES string of the molecule is C/C=C/CNC(C)c1nc(C)cs1. The third-order valence-electron chi connectivity index (χ3n) is 1.78. The van der Waals surface area contributed by atoms with Gasteiger partial charge in [-0.15, -0.1) is 11.3 Å². The van der Waals surface area contributed by atoms with Gasteiger partial charge < -0.3 is 5.32 Å². The topological polar surface area (TPSA) is 24.9 Å². The van der Waals surface area contributed by atoms with E-state index in [9.17, 15) is 0 Å². The van der Waals surface area contributed by atoms with Gasteiger partial charge in [-0.2, -0.15) is 0 Å². The Morgan fingerprint density at radius 3 is 3.00 bits per heavy atom. The lowest BCUT2D eigenvalue weighted by Crippen LogP contribution is -2.18. The van der Waals surface area contributed by atoms with Gasteiger partial charge in [-0.25, -0.2) is 4.98 Å². The van der Waals surface area contributed by atoms with Gasteiger partial charge in [-0.3, -0.25) is 0 Å². The Kier molecular flexibility index (Phi) is 4.12. The number of hydrogen-bond donors (Lipinski definition) is 1.